The van der Waals surface area contributed by atoms with E-state index in [0.29, 0.717) is 13.0 Å². The Labute approximate surface area is 153 Å². The van der Waals surface area contributed by atoms with Crippen molar-refractivity contribution in [3.05, 3.63) is 12.2 Å². The third-order valence-corrected chi connectivity index (χ3v) is 4.26. The monoisotopic (exact) mass is 358 g/mol. The Hall–Kier alpha value is -0.910. The molecule has 3 unspecified atom stereocenters. The Morgan fingerprint density at radius 1 is 0.920 bits per heavy atom. The van der Waals surface area contributed by atoms with Crippen LogP contribution in [-0.2, 0) is 9.53 Å². The molecule has 5 heteroatoms. The maximum Gasteiger partial charge on any atom is 0.303 e. The van der Waals surface area contributed by atoms with Crippen molar-refractivity contribution >= 4 is 5.97 Å². The van der Waals surface area contributed by atoms with Crippen LogP contribution in [0, 0.1) is 0 Å². The molecule has 0 aromatic heterocycles. The van der Waals surface area contributed by atoms with Crippen molar-refractivity contribution in [3.63, 3.8) is 0 Å². The van der Waals surface area contributed by atoms with Crippen molar-refractivity contribution in [2.24, 2.45) is 0 Å². The fourth-order valence-corrected chi connectivity index (χ4v) is 2.75. The van der Waals surface area contributed by atoms with Crippen molar-refractivity contribution in [2.75, 3.05) is 6.61 Å². The molecule has 0 saturated heterocycles. The van der Waals surface area contributed by atoms with Gasteiger partial charge in [0, 0.05) is 13.0 Å². The van der Waals surface area contributed by atoms with Crippen LogP contribution in [0.2, 0.25) is 0 Å². The maximum absolute atomic E-state index is 10.4. The minimum Gasteiger partial charge on any atom is -0.481 e. The van der Waals surface area contributed by atoms with E-state index >= 15 is 0 Å². The number of carbonyl (C=O) groups is 1. The number of unbranched alkanes of at least 4 members (excludes halogenated alkanes) is 6. The molecular weight excluding hydrogens is 320 g/mol. The molecule has 3 atom stereocenters. The maximum atomic E-state index is 10.4. The lowest BCUT2D eigenvalue weighted by Crippen LogP contribution is -2.27. The zero-order valence-electron chi connectivity index (χ0n) is 16.0. The largest absolute Gasteiger partial charge is 0.481 e. The summed E-state index contributed by atoms with van der Waals surface area (Å²) in [6.45, 7) is 4.57. The highest BCUT2D eigenvalue weighted by Gasteiger charge is 2.16. The summed E-state index contributed by atoms with van der Waals surface area (Å²) in [5.41, 5.74) is 0. The van der Waals surface area contributed by atoms with E-state index < -0.39 is 18.2 Å². The number of rotatable bonds is 17. The molecule has 0 radical (unpaired) electrons. The minimum atomic E-state index is -0.735. The van der Waals surface area contributed by atoms with Crippen LogP contribution in [0.15, 0.2) is 12.2 Å². The van der Waals surface area contributed by atoms with Crippen LogP contribution >= 0.6 is 0 Å². The van der Waals surface area contributed by atoms with Crippen molar-refractivity contribution in [3.8, 4) is 0 Å². The SMILES string of the molecule is CCCCCC(O)C(C=CC(O)CCCCCCCC(=O)O)OCC. The average Bonchev–Trinajstić information content (AvgIpc) is 2.57. The molecule has 3 N–H and O–H groups in total. The molecule has 148 valence electrons. The van der Waals surface area contributed by atoms with Crippen molar-refractivity contribution in [1.82, 2.24) is 0 Å². The molecule has 0 saturated carbocycles. The number of ether oxygens (including phenoxy) is 1. The highest BCUT2D eigenvalue weighted by molar-refractivity contribution is 5.66. The van der Waals surface area contributed by atoms with E-state index in [0.717, 1.165) is 57.8 Å². The molecule has 0 aromatic carbocycles. The van der Waals surface area contributed by atoms with E-state index in [1.807, 2.05) is 6.92 Å². The predicted octanol–water partition coefficient (Wildman–Crippen LogP) is 4.07. The molecule has 0 rings (SSSR count). The Bertz CT molecular complexity index is 343. The molecule has 0 aliphatic carbocycles. The molecule has 5 nitrogen and oxygen atoms in total. The second-order valence-corrected chi connectivity index (χ2v) is 6.64. The van der Waals surface area contributed by atoms with Crippen LogP contribution in [0.4, 0.5) is 0 Å². The second kappa shape index (κ2) is 16.6. The number of carboxylic acid groups (broad SMARTS) is 1. The first-order valence-electron chi connectivity index (χ1n) is 9.89. The summed E-state index contributed by atoms with van der Waals surface area (Å²) in [6, 6.07) is 0. The van der Waals surface area contributed by atoms with E-state index in [-0.39, 0.29) is 12.5 Å². The lowest BCUT2D eigenvalue weighted by atomic mass is 10.0. The van der Waals surface area contributed by atoms with Crippen LogP contribution in [0.1, 0.15) is 84.5 Å². The second-order valence-electron chi connectivity index (χ2n) is 6.64. The van der Waals surface area contributed by atoms with Gasteiger partial charge in [-0.05, 0) is 26.2 Å². The highest BCUT2D eigenvalue weighted by atomic mass is 16.5. The Balaban J connectivity index is 3.96. The molecule has 0 heterocycles. The van der Waals surface area contributed by atoms with E-state index in [2.05, 4.69) is 6.92 Å². The first kappa shape index (κ1) is 24.1. The summed E-state index contributed by atoms with van der Waals surface area (Å²) in [5, 5.41) is 28.8. The van der Waals surface area contributed by atoms with E-state index in [1.54, 1.807) is 12.2 Å². The number of hydrogen-bond donors (Lipinski definition) is 3. The van der Waals surface area contributed by atoms with Gasteiger partial charge in [0.05, 0.1) is 12.2 Å². The molecule has 0 bridgehead atoms. The number of hydrogen-bond acceptors (Lipinski definition) is 4. The van der Waals surface area contributed by atoms with Gasteiger partial charge < -0.3 is 20.1 Å². The van der Waals surface area contributed by atoms with Crippen LogP contribution in [-0.4, -0.2) is 46.2 Å². The standard InChI is InChI=1S/C20H38O5/c1-3-5-9-13-18(22)19(25-4-2)16-15-17(21)12-10-7-6-8-11-14-20(23)24/h15-19,21-22H,3-14H2,1-2H3,(H,23,24). The average molecular weight is 359 g/mol. The van der Waals surface area contributed by atoms with Crippen LogP contribution in [0.3, 0.4) is 0 Å². The molecular formula is C20H38O5. The lowest BCUT2D eigenvalue weighted by molar-refractivity contribution is -0.137. The van der Waals surface area contributed by atoms with Gasteiger partial charge in [-0.15, -0.1) is 0 Å². The van der Waals surface area contributed by atoms with E-state index in [9.17, 15) is 15.0 Å². The Morgan fingerprint density at radius 2 is 1.56 bits per heavy atom. The molecule has 0 amide bonds. The molecule has 0 fully saturated rings. The van der Waals surface area contributed by atoms with Gasteiger partial charge in [-0.2, -0.15) is 0 Å². The van der Waals surface area contributed by atoms with E-state index in [4.69, 9.17) is 9.84 Å². The first-order valence-corrected chi connectivity index (χ1v) is 9.89. The normalized spacial score (nSPS) is 15.4. The van der Waals surface area contributed by atoms with Crippen molar-refractivity contribution in [2.45, 2.75) is 103 Å². The molecule has 0 aliphatic rings. The van der Waals surface area contributed by atoms with Crippen LogP contribution in [0.5, 0.6) is 0 Å². The van der Waals surface area contributed by atoms with Gasteiger partial charge in [0.1, 0.15) is 6.10 Å². The topological polar surface area (TPSA) is 87.0 Å². The zero-order valence-corrected chi connectivity index (χ0v) is 16.0. The molecule has 0 aromatic rings. The van der Waals surface area contributed by atoms with Gasteiger partial charge in [0.15, 0.2) is 0 Å². The summed E-state index contributed by atoms with van der Waals surface area (Å²) in [7, 11) is 0. The number of aliphatic hydroxyl groups is 2. The van der Waals surface area contributed by atoms with Gasteiger partial charge in [-0.3, -0.25) is 4.79 Å². The fourth-order valence-electron chi connectivity index (χ4n) is 2.75. The quantitative estimate of drug-likeness (QED) is 0.269. The van der Waals surface area contributed by atoms with Crippen molar-refractivity contribution in [1.29, 1.82) is 0 Å². The highest BCUT2D eigenvalue weighted by Crippen LogP contribution is 2.13. The van der Waals surface area contributed by atoms with Gasteiger partial charge in [-0.1, -0.05) is 64.0 Å². The predicted molar refractivity (Wildman–Crippen MR) is 101 cm³/mol. The summed E-state index contributed by atoms with van der Waals surface area (Å²) in [4.78, 5) is 10.4. The minimum absolute atomic E-state index is 0.241. The Morgan fingerprint density at radius 3 is 2.20 bits per heavy atom. The van der Waals surface area contributed by atoms with Gasteiger partial charge in [0.2, 0.25) is 0 Å². The van der Waals surface area contributed by atoms with Gasteiger partial charge in [0.25, 0.3) is 0 Å². The first-order chi connectivity index (χ1) is 12.0. The van der Waals surface area contributed by atoms with Crippen molar-refractivity contribution < 1.29 is 24.9 Å². The van der Waals surface area contributed by atoms with E-state index in [1.165, 1.54) is 0 Å². The van der Waals surface area contributed by atoms with Gasteiger partial charge >= 0.3 is 5.97 Å². The third-order valence-electron chi connectivity index (χ3n) is 4.26. The summed E-state index contributed by atoms with van der Waals surface area (Å²) in [6.07, 6.45) is 11.5. The van der Waals surface area contributed by atoms with Crippen LogP contribution in [0.25, 0.3) is 0 Å². The fraction of sp³-hybridized carbons (Fsp3) is 0.850. The van der Waals surface area contributed by atoms with Gasteiger partial charge in [-0.25, -0.2) is 0 Å². The molecule has 0 spiro atoms. The van der Waals surface area contributed by atoms with Crippen LogP contribution < -0.4 is 0 Å². The zero-order chi connectivity index (χ0) is 18.9. The number of carboxylic acids is 1. The molecule has 25 heavy (non-hydrogen) atoms. The molecule has 0 aliphatic heterocycles. The summed E-state index contributed by atoms with van der Waals surface area (Å²) < 4.78 is 5.58. The lowest BCUT2D eigenvalue weighted by Gasteiger charge is -2.20. The summed E-state index contributed by atoms with van der Waals surface area (Å²) >= 11 is 0. The summed E-state index contributed by atoms with van der Waals surface area (Å²) in [5.74, 6) is -0.735. The Kier molecular flexibility index (Phi) is 16.0. The number of aliphatic carboxylic acids is 1. The number of aliphatic hydroxyl groups excluding tert-OH is 2. The smallest absolute Gasteiger partial charge is 0.303 e. The third kappa shape index (κ3) is 15.1.